The zero-order chi connectivity index (χ0) is 16.2. The van der Waals surface area contributed by atoms with Crippen LogP contribution in [0.5, 0.6) is 11.5 Å². The summed E-state index contributed by atoms with van der Waals surface area (Å²) in [5, 5.41) is 0. The average Bonchev–Trinajstić information content (AvgIpc) is 3.09. The van der Waals surface area contributed by atoms with Crippen LogP contribution in [-0.4, -0.2) is 15.0 Å². The van der Waals surface area contributed by atoms with E-state index < -0.39 is 0 Å². The number of aromatic nitrogens is 3. The Hall–Kier alpha value is -3.14. The number of rotatable bonds is 5. The lowest BCUT2D eigenvalue weighted by molar-refractivity contribution is 0.482. The van der Waals surface area contributed by atoms with Gasteiger partial charge in [-0.2, -0.15) is 0 Å². The lowest BCUT2D eigenvalue weighted by Crippen LogP contribution is -1.93. The predicted molar refractivity (Wildman–Crippen MR) is 94.3 cm³/mol. The number of para-hydroxylation sites is 1. The van der Waals surface area contributed by atoms with Crippen LogP contribution in [0.1, 0.15) is 11.1 Å². The Morgan fingerprint density at radius 2 is 1.62 bits per heavy atom. The molecule has 0 atom stereocenters. The van der Waals surface area contributed by atoms with Crippen LogP contribution in [0.2, 0.25) is 0 Å². The lowest BCUT2D eigenvalue weighted by Gasteiger charge is -2.08. The van der Waals surface area contributed by atoms with Crippen LogP contribution in [-0.2, 0) is 12.8 Å². The maximum atomic E-state index is 5.89. The number of ether oxygens (including phenoxy) is 1. The highest BCUT2D eigenvalue weighted by molar-refractivity contribution is 5.70. The topological polar surface area (TPSA) is 50.8 Å². The van der Waals surface area contributed by atoms with Gasteiger partial charge in [-0.1, -0.05) is 30.3 Å². The van der Waals surface area contributed by atoms with E-state index in [1.165, 1.54) is 11.1 Å². The van der Waals surface area contributed by atoms with Gasteiger partial charge in [0.15, 0.2) is 5.65 Å². The Balaban J connectivity index is 1.45. The van der Waals surface area contributed by atoms with Gasteiger partial charge in [-0.15, -0.1) is 0 Å². The van der Waals surface area contributed by atoms with Gasteiger partial charge in [-0.25, -0.2) is 9.97 Å². The van der Waals surface area contributed by atoms with Gasteiger partial charge >= 0.3 is 0 Å². The molecular formula is C20H17N3O. The van der Waals surface area contributed by atoms with E-state index in [1.54, 1.807) is 6.33 Å². The molecule has 0 bridgehead atoms. The third kappa shape index (κ3) is 3.27. The number of hydrogen-bond acceptors (Lipinski definition) is 3. The normalized spacial score (nSPS) is 10.8. The van der Waals surface area contributed by atoms with Crippen molar-refractivity contribution in [3.05, 3.63) is 84.3 Å². The van der Waals surface area contributed by atoms with E-state index in [0.29, 0.717) is 0 Å². The third-order valence-electron chi connectivity index (χ3n) is 3.91. The van der Waals surface area contributed by atoms with Crippen LogP contribution >= 0.6 is 0 Å². The highest BCUT2D eigenvalue weighted by Gasteiger charge is 2.03. The maximum Gasteiger partial charge on any atom is 0.177 e. The van der Waals surface area contributed by atoms with Crippen molar-refractivity contribution in [1.29, 1.82) is 0 Å². The molecule has 118 valence electrons. The van der Waals surface area contributed by atoms with Crippen LogP contribution < -0.4 is 4.74 Å². The number of imidazole rings is 1. The lowest BCUT2D eigenvalue weighted by atomic mass is 10.1. The Kier molecular flexibility index (Phi) is 3.94. The smallest absolute Gasteiger partial charge is 0.177 e. The van der Waals surface area contributed by atoms with Gasteiger partial charge in [0.05, 0.1) is 11.8 Å². The largest absolute Gasteiger partial charge is 0.457 e. The quantitative estimate of drug-likeness (QED) is 0.588. The third-order valence-corrected chi connectivity index (χ3v) is 3.91. The minimum Gasteiger partial charge on any atom is -0.457 e. The first-order valence-corrected chi connectivity index (χ1v) is 7.97. The summed E-state index contributed by atoms with van der Waals surface area (Å²) in [4.78, 5) is 11.6. The number of nitrogens with one attached hydrogen (secondary N) is 1. The van der Waals surface area contributed by atoms with E-state index in [2.05, 4.69) is 33.2 Å². The van der Waals surface area contributed by atoms with E-state index >= 15 is 0 Å². The molecule has 0 aliphatic carbocycles. The summed E-state index contributed by atoms with van der Waals surface area (Å²) in [6.07, 6.45) is 5.43. The van der Waals surface area contributed by atoms with Crippen LogP contribution in [0.15, 0.2) is 73.2 Å². The standard InChI is InChI=1S/C20H17N3O/c1-2-6-17(7-3-1)24-18-8-4-5-15(11-18)9-10-16-12-19-20(21-13-16)23-14-22-19/h1-8,11-14H,9-10H2,(H,21,22,23). The van der Waals surface area contributed by atoms with Gasteiger partial charge in [0, 0.05) is 6.20 Å². The molecule has 0 unspecified atom stereocenters. The minimum atomic E-state index is 0.761. The molecule has 0 aliphatic rings. The first kappa shape index (κ1) is 14.5. The molecule has 0 saturated heterocycles. The van der Waals surface area contributed by atoms with E-state index in [9.17, 15) is 0 Å². The first-order chi connectivity index (χ1) is 11.9. The Morgan fingerprint density at radius 3 is 2.54 bits per heavy atom. The van der Waals surface area contributed by atoms with Crippen molar-refractivity contribution in [2.45, 2.75) is 12.8 Å². The van der Waals surface area contributed by atoms with Crippen LogP contribution in [0.25, 0.3) is 11.2 Å². The van der Waals surface area contributed by atoms with Crippen molar-refractivity contribution in [1.82, 2.24) is 15.0 Å². The fourth-order valence-corrected chi connectivity index (χ4v) is 2.69. The zero-order valence-electron chi connectivity index (χ0n) is 13.1. The Morgan fingerprint density at radius 1 is 0.792 bits per heavy atom. The summed E-state index contributed by atoms with van der Waals surface area (Å²) in [7, 11) is 0. The van der Waals surface area contributed by atoms with Gasteiger partial charge < -0.3 is 9.72 Å². The van der Waals surface area contributed by atoms with Gasteiger partial charge in [-0.3, -0.25) is 0 Å². The summed E-state index contributed by atoms with van der Waals surface area (Å²) in [5.41, 5.74) is 4.18. The predicted octanol–water partition coefficient (Wildman–Crippen LogP) is 4.54. The number of aryl methyl sites for hydroxylation is 2. The summed E-state index contributed by atoms with van der Waals surface area (Å²) in [6, 6.07) is 20.2. The van der Waals surface area contributed by atoms with Crippen molar-refractivity contribution in [2.24, 2.45) is 0 Å². The molecular weight excluding hydrogens is 298 g/mol. The fourth-order valence-electron chi connectivity index (χ4n) is 2.69. The second kappa shape index (κ2) is 6.54. The molecule has 0 aliphatic heterocycles. The van der Waals surface area contributed by atoms with E-state index in [0.717, 1.165) is 35.5 Å². The zero-order valence-corrected chi connectivity index (χ0v) is 13.1. The van der Waals surface area contributed by atoms with E-state index in [-0.39, 0.29) is 0 Å². The van der Waals surface area contributed by atoms with Gasteiger partial charge in [0.1, 0.15) is 11.5 Å². The van der Waals surface area contributed by atoms with Crippen molar-refractivity contribution < 1.29 is 4.74 Å². The van der Waals surface area contributed by atoms with Gasteiger partial charge in [0.2, 0.25) is 0 Å². The van der Waals surface area contributed by atoms with Crippen molar-refractivity contribution >= 4 is 11.2 Å². The van der Waals surface area contributed by atoms with Gasteiger partial charge in [-0.05, 0) is 54.3 Å². The molecule has 24 heavy (non-hydrogen) atoms. The number of pyridine rings is 1. The second-order valence-electron chi connectivity index (χ2n) is 5.68. The molecule has 0 saturated carbocycles. The molecule has 4 aromatic rings. The Bertz CT molecular complexity index is 947. The second-order valence-corrected chi connectivity index (χ2v) is 5.68. The maximum absolute atomic E-state index is 5.89. The number of H-pyrrole nitrogens is 1. The molecule has 4 heteroatoms. The number of fused-ring (bicyclic) bond motifs is 1. The van der Waals surface area contributed by atoms with Gasteiger partial charge in [0.25, 0.3) is 0 Å². The molecule has 0 spiro atoms. The number of hydrogen-bond donors (Lipinski definition) is 1. The Labute approximate surface area is 140 Å². The highest BCUT2D eigenvalue weighted by Crippen LogP contribution is 2.22. The van der Waals surface area contributed by atoms with Crippen molar-refractivity contribution in [3.8, 4) is 11.5 Å². The molecule has 0 amide bonds. The highest BCUT2D eigenvalue weighted by atomic mass is 16.5. The van der Waals surface area contributed by atoms with E-state index in [4.69, 9.17) is 4.74 Å². The van der Waals surface area contributed by atoms with Crippen molar-refractivity contribution in [3.63, 3.8) is 0 Å². The molecule has 0 fully saturated rings. The van der Waals surface area contributed by atoms with Crippen LogP contribution in [0.4, 0.5) is 0 Å². The summed E-state index contributed by atoms with van der Waals surface area (Å²) >= 11 is 0. The molecule has 4 nitrogen and oxygen atoms in total. The van der Waals surface area contributed by atoms with Crippen molar-refractivity contribution in [2.75, 3.05) is 0 Å². The van der Waals surface area contributed by atoms with E-state index in [1.807, 2.05) is 48.7 Å². The summed E-state index contributed by atoms with van der Waals surface area (Å²) in [5.74, 6) is 1.71. The molecule has 1 N–H and O–H groups in total. The molecule has 2 aromatic heterocycles. The number of nitrogens with zero attached hydrogens (tertiary/aromatic N) is 2. The number of aromatic amines is 1. The molecule has 0 radical (unpaired) electrons. The SMILES string of the molecule is c1ccc(Oc2cccc(CCc3cnc4nc[nH]c4c3)c2)cc1. The molecule has 4 rings (SSSR count). The average molecular weight is 315 g/mol. The number of benzene rings is 2. The minimum absolute atomic E-state index is 0.761. The van der Waals surface area contributed by atoms with Crippen LogP contribution in [0, 0.1) is 0 Å². The summed E-state index contributed by atoms with van der Waals surface area (Å²) < 4.78 is 5.89. The fraction of sp³-hybridized carbons (Fsp3) is 0.100. The van der Waals surface area contributed by atoms with Crippen LogP contribution in [0.3, 0.4) is 0 Å². The monoisotopic (exact) mass is 315 g/mol. The molecule has 2 aromatic carbocycles. The summed E-state index contributed by atoms with van der Waals surface area (Å²) in [6.45, 7) is 0. The first-order valence-electron chi connectivity index (χ1n) is 7.97. The molecule has 2 heterocycles.